The molecule has 0 aromatic carbocycles. The lowest BCUT2D eigenvalue weighted by molar-refractivity contribution is -0.149. The molecule has 2 heteroatoms. The first-order valence-corrected chi connectivity index (χ1v) is 5.24. The number of rotatable bonds is 6. The van der Waals surface area contributed by atoms with Crippen molar-refractivity contribution in [2.45, 2.75) is 40.5 Å². The molecule has 1 unspecified atom stereocenters. The minimum absolute atomic E-state index is 0.00884. The van der Waals surface area contributed by atoms with Crippen molar-refractivity contribution in [3.63, 3.8) is 0 Å². The monoisotopic (exact) mass is 198 g/mol. The van der Waals surface area contributed by atoms with Crippen LogP contribution < -0.4 is 0 Å². The molecule has 0 aromatic heterocycles. The van der Waals surface area contributed by atoms with Gasteiger partial charge in [-0.1, -0.05) is 26.3 Å². The number of carbonyl (C=O) groups is 1. The molecule has 14 heavy (non-hydrogen) atoms. The van der Waals surface area contributed by atoms with Gasteiger partial charge in [-0.25, -0.2) is 0 Å². The van der Waals surface area contributed by atoms with Crippen molar-refractivity contribution in [2.24, 2.45) is 11.8 Å². The lowest BCUT2D eigenvalue weighted by Crippen LogP contribution is -2.17. The SMILES string of the molecule is C=C(C)CCC(C)C(=O)OCC(C)C. The molecule has 0 spiro atoms. The molecule has 2 nitrogen and oxygen atoms in total. The fourth-order valence-electron chi connectivity index (χ4n) is 0.972. The zero-order chi connectivity index (χ0) is 11.1. The van der Waals surface area contributed by atoms with Crippen LogP contribution in [0, 0.1) is 11.8 Å². The lowest BCUT2D eigenvalue weighted by Gasteiger charge is -2.12. The molecule has 0 bridgehead atoms. The second-order valence-corrected chi connectivity index (χ2v) is 4.42. The molecule has 0 saturated heterocycles. The molecule has 0 aromatic rings. The van der Waals surface area contributed by atoms with Crippen LogP contribution in [0.5, 0.6) is 0 Å². The highest BCUT2D eigenvalue weighted by Crippen LogP contribution is 2.12. The van der Waals surface area contributed by atoms with E-state index in [-0.39, 0.29) is 11.9 Å². The van der Waals surface area contributed by atoms with Crippen LogP contribution in [0.3, 0.4) is 0 Å². The van der Waals surface area contributed by atoms with Gasteiger partial charge in [-0.05, 0) is 25.7 Å². The van der Waals surface area contributed by atoms with Gasteiger partial charge in [0.05, 0.1) is 12.5 Å². The van der Waals surface area contributed by atoms with E-state index < -0.39 is 0 Å². The Morgan fingerprint density at radius 3 is 2.36 bits per heavy atom. The third-order valence-electron chi connectivity index (χ3n) is 1.97. The van der Waals surface area contributed by atoms with Gasteiger partial charge in [-0.2, -0.15) is 0 Å². The van der Waals surface area contributed by atoms with Crippen LogP contribution in [-0.2, 0) is 9.53 Å². The van der Waals surface area contributed by atoms with Crippen molar-refractivity contribution in [1.82, 2.24) is 0 Å². The Bertz CT molecular complexity index is 194. The smallest absolute Gasteiger partial charge is 0.308 e. The summed E-state index contributed by atoms with van der Waals surface area (Å²) < 4.78 is 5.13. The van der Waals surface area contributed by atoms with Gasteiger partial charge < -0.3 is 4.74 Å². The van der Waals surface area contributed by atoms with E-state index >= 15 is 0 Å². The molecule has 0 heterocycles. The highest BCUT2D eigenvalue weighted by molar-refractivity contribution is 5.71. The van der Waals surface area contributed by atoms with Crippen molar-refractivity contribution in [2.75, 3.05) is 6.61 Å². The Labute approximate surface area is 87.3 Å². The van der Waals surface area contributed by atoms with Crippen molar-refractivity contribution >= 4 is 5.97 Å². The third-order valence-corrected chi connectivity index (χ3v) is 1.97. The zero-order valence-corrected chi connectivity index (χ0v) is 9.80. The van der Waals surface area contributed by atoms with Gasteiger partial charge in [0.2, 0.25) is 0 Å². The maximum Gasteiger partial charge on any atom is 0.308 e. The highest BCUT2D eigenvalue weighted by atomic mass is 16.5. The zero-order valence-electron chi connectivity index (χ0n) is 9.80. The van der Waals surface area contributed by atoms with Crippen molar-refractivity contribution in [3.8, 4) is 0 Å². The number of hydrogen-bond donors (Lipinski definition) is 0. The molecule has 0 aliphatic carbocycles. The first kappa shape index (κ1) is 13.2. The van der Waals surface area contributed by atoms with E-state index in [1.54, 1.807) is 0 Å². The summed E-state index contributed by atoms with van der Waals surface area (Å²) in [7, 11) is 0. The summed E-state index contributed by atoms with van der Waals surface area (Å²) in [5.41, 5.74) is 1.12. The molecular weight excluding hydrogens is 176 g/mol. The number of hydrogen-bond acceptors (Lipinski definition) is 2. The first-order valence-electron chi connectivity index (χ1n) is 5.24. The summed E-state index contributed by atoms with van der Waals surface area (Å²) in [6.07, 6.45) is 1.74. The second-order valence-electron chi connectivity index (χ2n) is 4.42. The van der Waals surface area contributed by atoms with Crippen molar-refractivity contribution in [3.05, 3.63) is 12.2 Å². The fourth-order valence-corrected chi connectivity index (χ4v) is 0.972. The quantitative estimate of drug-likeness (QED) is 0.484. The molecule has 0 saturated carbocycles. The van der Waals surface area contributed by atoms with Crippen LogP contribution >= 0.6 is 0 Å². The summed E-state index contributed by atoms with van der Waals surface area (Å²) in [5.74, 6) is 0.317. The minimum atomic E-state index is -0.0834. The van der Waals surface area contributed by atoms with Gasteiger partial charge >= 0.3 is 5.97 Å². The van der Waals surface area contributed by atoms with E-state index in [1.165, 1.54) is 0 Å². The summed E-state index contributed by atoms with van der Waals surface area (Å²) in [5, 5.41) is 0. The number of esters is 1. The summed E-state index contributed by atoms with van der Waals surface area (Å²) in [6, 6.07) is 0. The van der Waals surface area contributed by atoms with E-state index in [2.05, 4.69) is 6.58 Å². The maximum absolute atomic E-state index is 11.4. The van der Waals surface area contributed by atoms with Crippen molar-refractivity contribution in [1.29, 1.82) is 0 Å². The summed E-state index contributed by atoms with van der Waals surface area (Å²) >= 11 is 0. The first-order chi connectivity index (χ1) is 6.43. The Balaban J connectivity index is 3.70. The molecule has 0 rings (SSSR count). The van der Waals surface area contributed by atoms with Crippen LogP contribution in [0.25, 0.3) is 0 Å². The average molecular weight is 198 g/mol. The highest BCUT2D eigenvalue weighted by Gasteiger charge is 2.14. The molecule has 1 atom stereocenters. The topological polar surface area (TPSA) is 26.3 Å². The Morgan fingerprint density at radius 1 is 1.36 bits per heavy atom. The Kier molecular flexibility index (Phi) is 6.26. The summed E-state index contributed by atoms with van der Waals surface area (Å²) in [4.78, 5) is 11.4. The largest absolute Gasteiger partial charge is 0.465 e. The normalized spacial score (nSPS) is 12.6. The van der Waals surface area contributed by atoms with Crippen LogP contribution in [-0.4, -0.2) is 12.6 Å². The number of allylic oxidation sites excluding steroid dienone is 1. The number of carbonyl (C=O) groups excluding carboxylic acids is 1. The van der Waals surface area contributed by atoms with Gasteiger partial charge in [-0.3, -0.25) is 4.79 Å². The Hall–Kier alpha value is -0.790. The van der Waals surface area contributed by atoms with Crippen molar-refractivity contribution < 1.29 is 9.53 Å². The number of ether oxygens (including phenoxy) is 1. The Morgan fingerprint density at radius 2 is 1.93 bits per heavy atom. The molecule has 0 N–H and O–H groups in total. The molecule has 82 valence electrons. The maximum atomic E-state index is 11.4. The standard InChI is InChI=1S/C12H22O2/c1-9(2)6-7-11(5)12(13)14-8-10(3)4/h10-11H,1,6-8H2,2-5H3. The fraction of sp³-hybridized carbons (Fsp3) is 0.750. The second kappa shape index (κ2) is 6.63. The average Bonchev–Trinajstić information content (AvgIpc) is 2.09. The molecular formula is C12H22O2. The van der Waals surface area contributed by atoms with Gasteiger partial charge in [0.1, 0.15) is 0 Å². The van der Waals surface area contributed by atoms with Crippen LogP contribution in [0.15, 0.2) is 12.2 Å². The van der Waals surface area contributed by atoms with E-state index in [0.717, 1.165) is 18.4 Å². The molecule has 0 aliphatic heterocycles. The van der Waals surface area contributed by atoms with Gasteiger partial charge in [0.25, 0.3) is 0 Å². The molecule has 0 radical (unpaired) electrons. The van der Waals surface area contributed by atoms with Crippen LogP contribution in [0.2, 0.25) is 0 Å². The van der Waals surface area contributed by atoms with E-state index in [1.807, 2.05) is 27.7 Å². The van der Waals surface area contributed by atoms with E-state index in [0.29, 0.717) is 12.5 Å². The van der Waals surface area contributed by atoms with Crippen LogP contribution in [0.4, 0.5) is 0 Å². The predicted molar refractivity (Wildman–Crippen MR) is 59.0 cm³/mol. The minimum Gasteiger partial charge on any atom is -0.465 e. The van der Waals surface area contributed by atoms with E-state index in [4.69, 9.17) is 4.74 Å². The van der Waals surface area contributed by atoms with Gasteiger partial charge in [0.15, 0.2) is 0 Å². The molecule has 0 aliphatic rings. The lowest BCUT2D eigenvalue weighted by atomic mass is 10.0. The van der Waals surface area contributed by atoms with Gasteiger partial charge in [-0.15, -0.1) is 6.58 Å². The molecule has 0 fully saturated rings. The van der Waals surface area contributed by atoms with Gasteiger partial charge in [0, 0.05) is 0 Å². The summed E-state index contributed by atoms with van der Waals surface area (Å²) in [6.45, 7) is 12.3. The van der Waals surface area contributed by atoms with E-state index in [9.17, 15) is 4.79 Å². The molecule has 0 amide bonds. The third kappa shape index (κ3) is 6.70. The van der Waals surface area contributed by atoms with Crippen LogP contribution in [0.1, 0.15) is 40.5 Å². The predicted octanol–water partition coefficient (Wildman–Crippen LogP) is 3.18.